The molecule has 2 aromatic heterocycles. The van der Waals surface area contributed by atoms with Crippen molar-refractivity contribution in [3.05, 3.63) is 96.1 Å². The number of urea groups is 1. The number of imide groups is 1. The Bertz CT molecular complexity index is 2550. The van der Waals surface area contributed by atoms with Gasteiger partial charge in [-0.15, -0.1) is 0 Å². The first-order valence-electron chi connectivity index (χ1n) is 21.6. The van der Waals surface area contributed by atoms with Crippen molar-refractivity contribution in [1.82, 2.24) is 25.1 Å². The van der Waals surface area contributed by atoms with Crippen LogP contribution in [0.15, 0.2) is 79.1 Å². The van der Waals surface area contributed by atoms with Crippen molar-refractivity contribution < 1.29 is 23.5 Å². The lowest BCUT2D eigenvalue weighted by atomic mass is 9.49. The number of ether oxygens (including phenoxy) is 1. The first kappa shape index (κ1) is 40.4. The SMILES string of the molecule is CC1(C)C(NC(=O)c2ccc(N3CCC(CN4CCC(n5ccc6c(N7CCC(=O)NC7=O)cccc65)CC4)CC3)c(F)c2)C(C)(C)C1Oc1ccc(C#N)c2ncccc12. The lowest BCUT2D eigenvalue weighted by molar-refractivity contribution is -0.163. The van der Waals surface area contributed by atoms with Gasteiger partial charge in [0.15, 0.2) is 0 Å². The standard InChI is InChI=1S/C48H53FN8O4/c1-47(2)44(48(3,4)45(47)61-40-13-11-32(28-50)42-35(40)7-6-20-51-42)53-43(59)31-10-12-39(36(49)27-31)55-23-14-30(15-24-55)29-54-21-16-33(17-22-54)56-25-18-34-37(56)8-5-9-38(34)57-26-19-41(58)52-46(57)60/h5-13,18,20,25,27,30,33,44-45H,14-17,19,21-24,26,29H2,1-4H3,(H,53,59)(H,52,58,60). The van der Waals surface area contributed by atoms with E-state index in [4.69, 9.17) is 4.74 Å². The topological polar surface area (TPSA) is 136 Å². The Kier molecular flexibility index (Phi) is 10.5. The van der Waals surface area contributed by atoms with Crippen LogP contribution in [0, 0.1) is 33.9 Å². The van der Waals surface area contributed by atoms with Gasteiger partial charge in [-0.1, -0.05) is 33.8 Å². The minimum atomic E-state index is -0.443. The first-order valence-corrected chi connectivity index (χ1v) is 21.6. The summed E-state index contributed by atoms with van der Waals surface area (Å²) in [5, 5.41) is 17.0. The van der Waals surface area contributed by atoms with E-state index < -0.39 is 10.8 Å². The first-order chi connectivity index (χ1) is 29.3. The quantitative estimate of drug-likeness (QED) is 0.154. The van der Waals surface area contributed by atoms with Crippen LogP contribution in [0.4, 0.5) is 20.6 Å². The molecule has 3 aliphatic heterocycles. The fraction of sp³-hybridized carbons (Fsp3) is 0.438. The summed E-state index contributed by atoms with van der Waals surface area (Å²) >= 11 is 0. The number of halogens is 1. The number of likely N-dealkylation sites (tertiary alicyclic amines) is 1. The molecule has 13 heteroatoms. The predicted molar refractivity (Wildman–Crippen MR) is 233 cm³/mol. The number of rotatable bonds is 9. The fourth-order valence-corrected chi connectivity index (χ4v) is 11.0. The molecule has 0 atom stereocenters. The van der Waals surface area contributed by atoms with Gasteiger partial charge in [-0.05, 0) is 92.3 Å². The molecule has 61 heavy (non-hydrogen) atoms. The zero-order valence-corrected chi connectivity index (χ0v) is 35.3. The molecular formula is C48H53FN8O4. The van der Waals surface area contributed by atoms with Crippen LogP contribution in [0.2, 0.25) is 0 Å². The molecule has 0 unspecified atom stereocenters. The van der Waals surface area contributed by atoms with E-state index in [9.17, 15) is 19.6 Å². The van der Waals surface area contributed by atoms with E-state index in [-0.39, 0.29) is 35.8 Å². The number of piperidine rings is 2. The van der Waals surface area contributed by atoms with Crippen LogP contribution in [0.3, 0.4) is 0 Å². The van der Waals surface area contributed by atoms with Gasteiger partial charge in [0.2, 0.25) is 5.91 Å². The maximum absolute atomic E-state index is 15.8. The van der Waals surface area contributed by atoms with Crippen molar-refractivity contribution in [2.24, 2.45) is 16.7 Å². The van der Waals surface area contributed by atoms with Gasteiger partial charge < -0.3 is 24.4 Å². The molecule has 0 radical (unpaired) electrons. The van der Waals surface area contributed by atoms with Crippen LogP contribution < -0.4 is 25.2 Å². The molecule has 4 fully saturated rings. The summed E-state index contributed by atoms with van der Waals surface area (Å²) in [4.78, 5) is 48.7. The zero-order chi connectivity index (χ0) is 42.6. The van der Waals surface area contributed by atoms with E-state index in [0.717, 1.165) is 80.4 Å². The Hall–Kier alpha value is -6.00. The number of pyridine rings is 1. The summed E-state index contributed by atoms with van der Waals surface area (Å²) in [7, 11) is 0. The summed E-state index contributed by atoms with van der Waals surface area (Å²) in [5.41, 5.74) is 2.96. The fourth-order valence-electron chi connectivity index (χ4n) is 11.0. The molecule has 12 nitrogen and oxygen atoms in total. The number of nitrogens with zero attached hydrogens (tertiary/aromatic N) is 6. The average Bonchev–Trinajstić information content (AvgIpc) is 3.70. The number of amides is 4. The molecule has 9 rings (SSSR count). The minimum Gasteiger partial charge on any atom is -0.488 e. The maximum Gasteiger partial charge on any atom is 0.328 e. The Morgan fingerprint density at radius 2 is 1.69 bits per heavy atom. The smallest absolute Gasteiger partial charge is 0.328 e. The lowest BCUT2D eigenvalue weighted by Crippen LogP contribution is -2.74. The van der Waals surface area contributed by atoms with Gasteiger partial charge in [0.1, 0.15) is 23.7 Å². The highest BCUT2D eigenvalue weighted by atomic mass is 19.1. The largest absolute Gasteiger partial charge is 0.488 e. The monoisotopic (exact) mass is 824 g/mol. The molecule has 0 bridgehead atoms. The van der Waals surface area contributed by atoms with Gasteiger partial charge >= 0.3 is 6.03 Å². The molecule has 2 N–H and O–H groups in total. The highest BCUT2D eigenvalue weighted by Gasteiger charge is 2.64. The van der Waals surface area contributed by atoms with E-state index in [2.05, 4.69) is 82.1 Å². The number of aromatic nitrogens is 2. The summed E-state index contributed by atoms with van der Waals surface area (Å²) < 4.78 is 24.8. The molecule has 1 aliphatic carbocycles. The Morgan fingerprint density at radius 1 is 0.918 bits per heavy atom. The summed E-state index contributed by atoms with van der Waals surface area (Å²) in [6, 6.07) is 22.2. The summed E-state index contributed by atoms with van der Waals surface area (Å²) in [6.07, 6.45) is 7.88. The third kappa shape index (κ3) is 7.34. The molecule has 4 aliphatic rings. The second-order valence-corrected chi connectivity index (χ2v) is 18.5. The molecule has 4 amide bonds. The number of carbonyl (C=O) groups excluding carboxylic acids is 3. The molecule has 3 aromatic carbocycles. The molecule has 316 valence electrons. The van der Waals surface area contributed by atoms with Gasteiger partial charge in [-0.2, -0.15) is 5.26 Å². The van der Waals surface area contributed by atoms with Crippen molar-refractivity contribution in [3.63, 3.8) is 0 Å². The van der Waals surface area contributed by atoms with E-state index in [1.54, 1.807) is 29.3 Å². The number of benzene rings is 3. The van der Waals surface area contributed by atoms with E-state index >= 15 is 4.39 Å². The highest BCUT2D eigenvalue weighted by Crippen LogP contribution is 2.56. The van der Waals surface area contributed by atoms with Crippen LogP contribution in [0.1, 0.15) is 81.8 Å². The molecule has 5 heterocycles. The van der Waals surface area contributed by atoms with E-state index in [1.807, 2.05) is 30.3 Å². The summed E-state index contributed by atoms with van der Waals surface area (Å²) in [5.74, 6) is 0.243. The van der Waals surface area contributed by atoms with Crippen LogP contribution in [-0.2, 0) is 4.79 Å². The summed E-state index contributed by atoms with van der Waals surface area (Å²) in [6.45, 7) is 13.2. The number of nitriles is 1. The number of anilines is 2. The molecule has 3 saturated heterocycles. The average molecular weight is 825 g/mol. The van der Waals surface area contributed by atoms with Crippen LogP contribution in [-0.4, -0.2) is 83.7 Å². The third-order valence-corrected chi connectivity index (χ3v) is 13.9. The normalized spacial score (nSPS) is 22.2. The number of hydrogen-bond acceptors (Lipinski definition) is 8. The van der Waals surface area contributed by atoms with Crippen molar-refractivity contribution in [3.8, 4) is 11.8 Å². The van der Waals surface area contributed by atoms with Gasteiger partial charge in [-0.3, -0.25) is 24.8 Å². The van der Waals surface area contributed by atoms with Gasteiger partial charge in [-0.25, -0.2) is 9.18 Å². The molecule has 0 spiro atoms. The van der Waals surface area contributed by atoms with Crippen molar-refractivity contribution in [2.75, 3.05) is 49.1 Å². The Morgan fingerprint density at radius 3 is 2.41 bits per heavy atom. The predicted octanol–water partition coefficient (Wildman–Crippen LogP) is 7.81. The van der Waals surface area contributed by atoms with Crippen LogP contribution in [0.5, 0.6) is 5.75 Å². The van der Waals surface area contributed by atoms with Crippen LogP contribution in [0.25, 0.3) is 21.8 Å². The highest BCUT2D eigenvalue weighted by molar-refractivity contribution is 6.09. The van der Waals surface area contributed by atoms with Gasteiger partial charge in [0.25, 0.3) is 5.91 Å². The number of hydrogen-bond donors (Lipinski definition) is 2. The van der Waals surface area contributed by atoms with Crippen molar-refractivity contribution in [1.29, 1.82) is 5.26 Å². The molecule has 5 aromatic rings. The van der Waals surface area contributed by atoms with E-state index in [1.165, 1.54) is 6.07 Å². The minimum absolute atomic E-state index is 0.235. The number of nitrogens with one attached hydrogen (secondary N) is 2. The lowest BCUT2D eigenvalue weighted by Gasteiger charge is -2.63. The maximum atomic E-state index is 15.8. The third-order valence-electron chi connectivity index (χ3n) is 13.9. The van der Waals surface area contributed by atoms with Gasteiger partial charge in [0.05, 0.1) is 28.0 Å². The Balaban J connectivity index is 0.765. The number of fused-ring (bicyclic) bond motifs is 2. The molecular weight excluding hydrogens is 772 g/mol. The Labute approximate surface area is 355 Å². The van der Waals surface area contributed by atoms with E-state index in [0.29, 0.717) is 53.0 Å². The van der Waals surface area contributed by atoms with Crippen molar-refractivity contribution >= 4 is 51.0 Å². The molecule has 1 saturated carbocycles. The van der Waals surface area contributed by atoms with Crippen LogP contribution >= 0.6 is 0 Å². The van der Waals surface area contributed by atoms with Crippen molar-refractivity contribution in [2.45, 2.75) is 78.0 Å². The number of carbonyl (C=O) groups is 3. The second-order valence-electron chi connectivity index (χ2n) is 18.5. The zero-order valence-electron chi connectivity index (χ0n) is 35.3. The van der Waals surface area contributed by atoms with Gasteiger partial charge in [0, 0.05) is 97.3 Å². The second kappa shape index (κ2) is 15.8.